The van der Waals surface area contributed by atoms with Gasteiger partial charge in [-0.2, -0.15) is 0 Å². The number of rotatable bonds is 10. The molecule has 0 aliphatic rings. The smallest absolute Gasteiger partial charge is 0.344 e. The van der Waals surface area contributed by atoms with Crippen molar-refractivity contribution < 1.29 is 23.8 Å². The number of allylic oxidation sites excluding steroid dienone is 1. The van der Waals surface area contributed by atoms with Gasteiger partial charge in [0.05, 0.1) is 7.11 Å². The Bertz CT molecular complexity index is 936. The predicted octanol–water partition coefficient (Wildman–Crippen LogP) is 5.54. The van der Waals surface area contributed by atoms with Gasteiger partial charge in [-0.05, 0) is 47.6 Å². The Morgan fingerprint density at radius 2 is 1.62 bits per heavy atom. The Labute approximate surface area is 190 Å². The first-order chi connectivity index (χ1) is 15.3. The van der Waals surface area contributed by atoms with Crippen molar-refractivity contribution in [1.82, 2.24) is 0 Å². The number of hydrogen-bond acceptors (Lipinski definition) is 5. The lowest BCUT2D eigenvalue weighted by Crippen LogP contribution is -2.25. The van der Waals surface area contributed by atoms with E-state index in [1.54, 1.807) is 6.07 Å². The molecular weight excluding hydrogens is 406 g/mol. The van der Waals surface area contributed by atoms with Crippen LogP contribution in [0.15, 0.2) is 42.5 Å². The number of benzene rings is 2. The Balaban J connectivity index is 1.95. The quantitative estimate of drug-likeness (QED) is 0.492. The van der Waals surface area contributed by atoms with Gasteiger partial charge in [-0.15, -0.1) is 0 Å². The summed E-state index contributed by atoms with van der Waals surface area (Å²) < 4.78 is 15.9. The molecule has 6 heteroatoms. The molecule has 0 saturated carbocycles. The molecule has 0 aliphatic carbocycles. The number of carbonyl (C=O) groups excluding carboxylic acids is 2. The minimum absolute atomic E-state index is 0.245. The summed E-state index contributed by atoms with van der Waals surface area (Å²) in [6, 6.07) is 11.4. The monoisotopic (exact) mass is 439 g/mol. The van der Waals surface area contributed by atoms with Gasteiger partial charge >= 0.3 is 5.97 Å². The molecular formula is C26H33NO5. The average molecular weight is 440 g/mol. The molecule has 0 saturated heterocycles. The Hall–Kier alpha value is -3.28. The van der Waals surface area contributed by atoms with Gasteiger partial charge < -0.3 is 19.5 Å². The van der Waals surface area contributed by atoms with Crippen LogP contribution in [0.2, 0.25) is 0 Å². The first-order valence-electron chi connectivity index (χ1n) is 10.8. The zero-order valence-corrected chi connectivity index (χ0v) is 19.7. The molecule has 6 nitrogen and oxygen atoms in total. The molecule has 0 heterocycles. The van der Waals surface area contributed by atoms with E-state index < -0.39 is 5.97 Å². The molecule has 2 aromatic rings. The lowest BCUT2D eigenvalue weighted by Gasteiger charge is -2.20. The lowest BCUT2D eigenvalue weighted by molar-refractivity contribution is -0.149. The molecule has 0 aromatic heterocycles. The van der Waals surface area contributed by atoms with Crippen molar-refractivity contribution in [2.24, 2.45) is 0 Å². The van der Waals surface area contributed by atoms with Crippen molar-refractivity contribution in [2.75, 3.05) is 25.6 Å². The number of anilines is 1. The van der Waals surface area contributed by atoms with Crippen LogP contribution in [0.1, 0.15) is 63.1 Å². The molecule has 172 valence electrons. The van der Waals surface area contributed by atoms with E-state index in [2.05, 4.69) is 33.0 Å². The Morgan fingerprint density at radius 3 is 2.19 bits per heavy atom. The van der Waals surface area contributed by atoms with E-state index in [0.717, 1.165) is 22.4 Å². The number of carbonyl (C=O) groups is 2. The average Bonchev–Trinajstić information content (AvgIpc) is 2.76. The highest BCUT2D eigenvalue weighted by Crippen LogP contribution is 2.32. The summed E-state index contributed by atoms with van der Waals surface area (Å²) in [6.07, 6.45) is 3.85. The first-order valence-corrected chi connectivity index (χ1v) is 10.8. The third kappa shape index (κ3) is 6.87. The minimum Gasteiger partial charge on any atom is -0.493 e. The van der Waals surface area contributed by atoms with Crippen molar-refractivity contribution >= 4 is 23.6 Å². The topological polar surface area (TPSA) is 73.9 Å². The van der Waals surface area contributed by atoms with Crippen LogP contribution in [-0.4, -0.2) is 32.2 Å². The highest BCUT2D eigenvalue weighted by Gasteiger charge is 2.17. The molecule has 0 radical (unpaired) electrons. The Morgan fingerprint density at radius 1 is 0.969 bits per heavy atom. The van der Waals surface area contributed by atoms with Gasteiger partial charge in [0.15, 0.2) is 24.7 Å². The van der Waals surface area contributed by atoms with Crippen molar-refractivity contribution in [1.29, 1.82) is 0 Å². The molecule has 0 spiro atoms. The number of ether oxygens (including phenoxy) is 3. The van der Waals surface area contributed by atoms with E-state index in [1.165, 1.54) is 7.11 Å². The maximum atomic E-state index is 12.5. The zero-order valence-electron chi connectivity index (χ0n) is 19.7. The van der Waals surface area contributed by atoms with Gasteiger partial charge in [-0.3, -0.25) is 4.79 Å². The van der Waals surface area contributed by atoms with E-state index in [1.807, 2.05) is 49.4 Å². The molecule has 32 heavy (non-hydrogen) atoms. The molecule has 1 N–H and O–H groups in total. The summed E-state index contributed by atoms with van der Waals surface area (Å²) in [4.78, 5) is 24.6. The summed E-state index contributed by atoms with van der Waals surface area (Å²) in [5.41, 5.74) is 3.85. The highest BCUT2D eigenvalue weighted by molar-refractivity contribution is 5.94. The molecule has 2 rings (SSSR count). The molecule has 0 bridgehead atoms. The second kappa shape index (κ2) is 11.9. The number of esters is 1. The standard InChI is InChI=1S/C26H33NO5/c1-7-9-19-12-13-22(23(14-19)30-6)31-16-25(29)32-15-24(28)27-26-20(17(2)3)10-8-11-21(26)18(4)5/h7-14,17-18H,15-16H2,1-6H3,(H,27,28)/b9-7+. The summed E-state index contributed by atoms with van der Waals surface area (Å²) in [7, 11) is 1.53. The van der Waals surface area contributed by atoms with Crippen LogP contribution in [0.4, 0.5) is 5.69 Å². The van der Waals surface area contributed by atoms with E-state index >= 15 is 0 Å². The largest absolute Gasteiger partial charge is 0.493 e. The maximum Gasteiger partial charge on any atom is 0.344 e. The van der Waals surface area contributed by atoms with Gasteiger partial charge in [-0.1, -0.05) is 64.1 Å². The van der Waals surface area contributed by atoms with Crippen molar-refractivity contribution in [3.63, 3.8) is 0 Å². The van der Waals surface area contributed by atoms with Crippen LogP contribution in [0, 0.1) is 0 Å². The molecule has 0 unspecified atom stereocenters. The summed E-state index contributed by atoms with van der Waals surface area (Å²) in [5, 5.41) is 2.92. The molecule has 0 atom stereocenters. The van der Waals surface area contributed by atoms with E-state index in [4.69, 9.17) is 14.2 Å². The molecule has 2 aromatic carbocycles. The molecule has 0 fully saturated rings. The number of hydrogen-bond donors (Lipinski definition) is 1. The second-order valence-electron chi connectivity index (χ2n) is 8.03. The van der Waals surface area contributed by atoms with Crippen LogP contribution in [0.25, 0.3) is 6.08 Å². The minimum atomic E-state index is -0.638. The van der Waals surface area contributed by atoms with Gasteiger partial charge in [0.1, 0.15) is 0 Å². The van der Waals surface area contributed by atoms with Crippen molar-refractivity contribution in [2.45, 2.75) is 46.5 Å². The maximum absolute atomic E-state index is 12.5. The summed E-state index contributed by atoms with van der Waals surface area (Å²) in [5.74, 6) is 0.401. The van der Waals surface area contributed by atoms with Gasteiger partial charge in [0.2, 0.25) is 0 Å². The fourth-order valence-electron chi connectivity index (χ4n) is 3.29. The van der Waals surface area contributed by atoms with Crippen LogP contribution in [0.5, 0.6) is 11.5 Å². The lowest BCUT2D eigenvalue weighted by atomic mass is 9.92. The number of nitrogens with one attached hydrogen (secondary N) is 1. The fourth-order valence-corrected chi connectivity index (χ4v) is 3.29. The zero-order chi connectivity index (χ0) is 23.7. The van der Waals surface area contributed by atoms with Gasteiger partial charge in [0, 0.05) is 5.69 Å². The molecule has 1 amide bonds. The normalized spacial score (nSPS) is 11.1. The second-order valence-corrected chi connectivity index (χ2v) is 8.03. The Kier molecular flexibility index (Phi) is 9.32. The number of para-hydroxylation sites is 1. The van der Waals surface area contributed by atoms with Gasteiger partial charge in [-0.25, -0.2) is 4.79 Å². The number of amides is 1. The third-order valence-electron chi connectivity index (χ3n) is 4.89. The van der Waals surface area contributed by atoms with Crippen LogP contribution in [-0.2, 0) is 14.3 Å². The summed E-state index contributed by atoms with van der Waals surface area (Å²) >= 11 is 0. The van der Waals surface area contributed by atoms with E-state index in [-0.39, 0.29) is 31.0 Å². The summed E-state index contributed by atoms with van der Waals surface area (Å²) in [6.45, 7) is 9.51. The predicted molar refractivity (Wildman–Crippen MR) is 127 cm³/mol. The third-order valence-corrected chi connectivity index (χ3v) is 4.89. The van der Waals surface area contributed by atoms with Gasteiger partial charge in [0.25, 0.3) is 5.91 Å². The van der Waals surface area contributed by atoms with Crippen LogP contribution < -0.4 is 14.8 Å². The SMILES string of the molecule is C/C=C/c1ccc(OCC(=O)OCC(=O)Nc2c(C(C)C)cccc2C(C)C)c(OC)c1. The first kappa shape index (κ1) is 25.0. The van der Waals surface area contributed by atoms with Crippen molar-refractivity contribution in [3.05, 3.63) is 59.2 Å². The molecule has 0 aliphatic heterocycles. The van der Waals surface area contributed by atoms with Crippen molar-refractivity contribution in [3.8, 4) is 11.5 Å². The van der Waals surface area contributed by atoms with E-state index in [0.29, 0.717) is 11.5 Å². The number of methoxy groups -OCH3 is 1. The fraction of sp³-hybridized carbons (Fsp3) is 0.385. The van der Waals surface area contributed by atoms with Crippen LogP contribution in [0.3, 0.4) is 0 Å². The van der Waals surface area contributed by atoms with Crippen LogP contribution >= 0.6 is 0 Å². The van der Waals surface area contributed by atoms with E-state index in [9.17, 15) is 9.59 Å². The highest BCUT2D eigenvalue weighted by atomic mass is 16.6.